The molecular formula is C14H28N2O2S. The summed E-state index contributed by atoms with van der Waals surface area (Å²) in [4.78, 5) is 2.64. The minimum atomic E-state index is -2.82. The van der Waals surface area contributed by atoms with E-state index in [1.54, 1.807) is 0 Å². The Balaban J connectivity index is 1.67. The first kappa shape index (κ1) is 15.3. The minimum Gasteiger partial charge on any atom is -0.314 e. The SMILES string of the molecule is CS(=O)(=O)CCNCCN1CCCC2CCCCC21. The summed E-state index contributed by atoms with van der Waals surface area (Å²) in [6.45, 7) is 3.80. The number of nitrogens with one attached hydrogen (secondary N) is 1. The number of hydrogen-bond acceptors (Lipinski definition) is 4. The lowest BCUT2D eigenvalue weighted by atomic mass is 9.78. The van der Waals surface area contributed by atoms with Crippen LogP contribution in [0.1, 0.15) is 38.5 Å². The first-order chi connectivity index (χ1) is 9.06. The van der Waals surface area contributed by atoms with E-state index in [4.69, 9.17) is 0 Å². The van der Waals surface area contributed by atoms with E-state index in [9.17, 15) is 8.42 Å². The fourth-order valence-corrected chi connectivity index (χ4v) is 4.13. The highest BCUT2D eigenvalue weighted by Crippen LogP contribution is 2.34. The summed E-state index contributed by atoms with van der Waals surface area (Å²) in [5, 5.41) is 3.26. The van der Waals surface area contributed by atoms with Crippen molar-refractivity contribution in [3.63, 3.8) is 0 Å². The fourth-order valence-electron chi connectivity index (χ4n) is 3.61. The highest BCUT2D eigenvalue weighted by Gasteiger charge is 2.32. The van der Waals surface area contributed by atoms with Crippen LogP contribution in [-0.4, -0.2) is 57.5 Å². The molecule has 0 aromatic rings. The van der Waals surface area contributed by atoms with Gasteiger partial charge in [0, 0.05) is 31.9 Å². The lowest BCUT2D eigenvalue weighted by Gasteiger charge is -2.44. The molecule has 112 valence electrons. The average Bonchev–Trinajstić information content (AvgIpc) is 2.37. The van der Waals surface area contributed by atoms with E-state index in [1.807, 2.05) is 0 Å². The molecule has 2 rings (SSSR count). The third-order valence-corrected chi connectivity index (χ3v) is 5.53. The van der Waals surface area contributed by atoms with Gasteiger partial charge in [-0.3, -0.25) is 4.90 Å². The van der Waals surface area contributed by atoms with Crippen molar-refractivity contribution < 1.29 is 8.42 Å². The van der Waals surface area contributed by atoms with Crippen molar-refractivity contribution in [2.75, 3.05) is 38.2 Å². The van der Waals surface area contributed by atoms with Crippen molar-refractivity contribution in [1.82, 2.24) is 10.2 Å². The zero-order chi connectivity index (χ0) is 13.7. The molecule has 1 N–H and O–H groups in total. The van der Waals surface area contributed by atoms with E-state index in [2.05, 4.69) is 10.2 Å². The van der Waals surface area contributed by atoms with Gasteiger partial charge in [0.2, 0.25) is 0 Å². The van der Waals surface area contributed by atoms with Gasteiger partial charge in [0.25, 0.3) is 0 Å². The van der Waals surface area contributed by atoms with E-state index in [0.717, 1.165) is 25.0 Å². The van der Waals surface area contributed by atoms with Gasteiger partial charge in [-0.25, -0.2) is 8.42 Å². The minimum absolute atomic E-state index is 0.249. The predicted octanol–water partition coefficient (Wildman–Crippen LogP) is 1.28. The largest absolute Gasteiger partial charge is 0.314 e. The molecule has 4 nitrogen and oxygen atoms in total. The second-order valence-electron chi connectivity index (χ2n) is 6.17. The summed E-state index contributed by atoms with van der Waals surface area (Å²) < 4.78 is 22.1. The number of hydrogen-bond donors (Lipinski definition) is 1. The molecule has 1 heterocycles. The Hall–Kier alpha value is -0.130. The van der Waals surface area contributed by atoms with E-state index >= 15 is 0 Å². The molecule has 1 saturated carbocycles. The maximum Gasteiger partial charge on any atom is 0.148 e. The lowest BCUT2D eigenvalue weighted by molar-refractivity contribution is 0.0620. The second kappa shape index (κ2) is 7.04. The first-order valence-corrected chi connectivity index (χ1v) is 9.75. The first-order valence-electron chi connectivity index (χ1n) is 7.69. The maximum absolute atomic E-state index is 11.0. The Morgan fingerprint density at radius 2 is 1.84 bits per heavy atom. The van der Waals surface area contributed by atoms with Crippen LogP contribution in [0.4, 0.5) is 0 Å². The number of fused-ring (bicyclic) bond motifs is 1. The maximum atomic E-state index is 11.0. The normalized spacial score (nSPS) is 29.1. The number of rotatable bonds is 6. The van der Waals surface area contributed by atoms with E-state index < -0.39 is 9.84 Å². The molecule has 2 unspecified atom stereocenters. The van der Waals surface area contributed by atoms with Gasteiger partial charge in [-0.15, -0.1) is 0 Å². The lowest BCUT2D eigenvalue weighted by Crippen LogP contribution is -2.49. The molecule has 1 aliphatic heterocycles. The number of likely N-dealkylation sites (tertiary alicyclic amines) is 1. The molecule has 0 radical (unpaired) electrons. The Morgan fingerprint density at radius 3 is 2.63 bits per heavy atom. The predicted molar refractivity (Wildman–Crippen MR) is 79.1 cm³/mol. The average molecular weight is 288 g/mol. The molecule has 2 fully saturated rings. The van der Waals surface area contributed by atoms with E-state index in [1.165, 1.54) is 51.3 Å². The van der Waals surface area contributed by atoms with Crippen LogP contribution in [0.15, 0.2) is 0 Å². The van der Waals surface area contributed by atoms with Crippen molar-refractivity contribution in [3.05, 3.63) is 0 Å². The van der Waals surface area contributed by atoms with Gasteiger partial charge in [-0.2, -0.15) is 0 Å². The molecular weight excluding hydrogens is 260 g/mol. The van der Waals surface area contributed by atoms with Gasteiger partial charge < -0.3 is 5.32 Å². The molecule has 19 heavy (non-hydrogen) atoms. The summed E-state index contributed by atoms with van der Waals surface area (Å²) >= 11 is 0. The van der Waals surface area contributed by atoms with Crippen LogP contribution < -0.4 is 5.32 Å². The zero-order valence-electron chi connectivity index (χ0n) is 12.1. The van der Waals surface area contributed by atoms with Crippen LogP contribution in [0.3, 0.4) is 0 Å². The fraction of sp³-hybridized carbons (Fsp3) is 1.00. The quantitative estimate of drug-likeness (QED) is 0.748. The molecule has 0 bridgehead atoms. The zero-order valence-corrected chi connectivity index (χ0v) is 12.9. The van der Waals surface area contributed by atoms with Crippen molar-refractivity contribution >= 4 is 9.84 Å². The molecule has 0 spiro atoms. The van der Waals surface area contributed by atoms with Crippen molar-refractivity contribution in [2.45, 2.75) is 44.6 Å². The van der Waals surface area contributed by atoms with Crippen LogP contribution in [0.25, 0.3) is 0 Å². The summed E-state index contributed by atoms with van der Waals surface area (Å²) in [6.07, 6.45) is 9.65. The third kappa shape index (κ3) is 5.04. The Morgan fingerprint density at radius 1 is 1.11 bits per heavy atom. The molecule has 2 atom stereocenters. The molecule has 1 saturated heterocycles. The summed E-state index contributed by atoms with van der Waals surface area (Å²) in [6, 6.07) is 0.805. The summed E-state index contributed by atoms with van der Waals surface area (Å²) in [5.41, 5.74) is 0. The molecule has 1 aliphatic carbocycles. The number of nitrogens with zero attached hydrogens (tertiary/aromatic N) is 1. The van der Waals surface area contributed by atoms with Crippen molar-refractivity contribution in [1.29, 1.82) is 0 Å². The van der Waals surface area contributed by atoms with Gasteiger partial charge in [0.1, 0.15) is 9.84 Å². The molecule has 0 amide bonds. The molecule has 0 aromatic carbocycles. The van der Waals surface area contributed by atoms with Gasteiger partial charge in [-0.1, -0.05) is 12.8 Å². The Kier molecular flexibility index (Phi) is 5.66. The molecule has 0 aromatic heterocycles. The Labute approximate surface area is 117 Å². The standard InChI is InChI=1S/C14H28N2O2S/c1-19(17,18)12-9-15-8-11-16-10-4-6-13-5-2-3-7-14(13)16/h13-15H,2-12H2,1H3. The van der Waals surface area contributed by atoms with E-state index in [0.29, 0.717) is 6.54 Å². The Bertz CT molecular complexity index is 368. The highest BCUT2D eigenvalue weighted by molar-refractivity contribution is 7.90. The van der Waals surface area contributed by atoms with Crippen LogP contribution in [0.5, 0.6) is 0 Å². The van der Waals surface area contributed by atoms with Crippen LogP contribution in [0, 0.1) is 5.92 Å². The van der Waals surface area contributed by atoms with Gasteiger partial charge >= 0.3 is 0 Å². The van der Waals surface area contributed by atoms with Crippen molar-refractivity contribution in [3.8, 4) is 0 Å². The number of piperidine rings is 1. The summed E-state index contributed by atoms with van der Waals surface area (Å²) in [7, 11) is -2.82. The second-order valence-corrected chi connectivity index (χ2v) is 8.43. The smallest absolute Gasteiger partial charge is 0.148 e. The van der Waals surface area contributed by atoms with Gasteiger partial charge in [-0.05, 0) is 38.1 Å². The topological polar surface area (TPSA) is 49.4 Å². The van der Waals surface area contributed by atoms with Crippen molar-refractivity contribution in [2.24, 2.45) is 5.92 Å². The summed E-state index contributed by atoms with van der Waals surface area (Å²) in [5.74, 6) is 1.18. The van der Waals surface area contributed by atoms with E-state index in [-0.39, 0.29) is 5.75 Å². The molecule has 2 aliphatic rings. The highest BCUT2D eigenvalue weighted by atomic mass is 32.2. The number of sulfone groups is 1. The van der Waals surface area contributed by atoms with Crippen LogP contribution in [-0.2, 0) is 9.84 Å². The molecule has 5 heteroatoms. The van der Waals surface area contributed by atoms with Gasteiger partial charge in [0.15, 0.2) is 0 Å². The monoisotopic (exact) mass is 288 g/mol. The van der Waals surface area contributed by atoms with Crippen LogP contribution >= 0.6 is 0 Å². The van der Waals surface area contributed by atoms with Gasteiger partial charge in [0.05, 0.1) is 5.75 Å². The third-order valence-electron chi connectivity index (χ3n) is 4.58. The van der Waals surface area contributed by atoms with Crippen LogP contribution in [0.2, 0.25) is 0 Å².